The van der Waals surface area contributed by atoms with E-state index in [1.54, 1.807) is 36.4 Å². The van der Waals surface area contributed by atoms with E-state index in [9.17, 15) is 4.79 Å². The third-order valence-electron chi connectivity index (χ3n) is 2.62. The van der Waals surface area contributed by atoms with Crippen LogP contribution in [0.4, 0.5) is 0 Å². The van der Waals surface area contributed by atoms with Crippen LogP contribution in [0.25, 0.3) is 0 Å². The Morgan fingerprint density at radius 3 is 2.47 bits per heavy atom. The lowest BCUT2D eigenvalue weighted by Gasteiger charge is -2.08. The highest BCUT2D eigenvalue weighted by Crippen LogP contribution is 2.25. The number of rotatable bonds is 3. The van der Waals surface area contributed by atoms with Gasteiger partial charge in [0.1, 0.15) is 17.6 Å². The first kappa shape index (κ1) is 12.7. The zero-order chi connectivity index (χ0) is 13.8. The summed E-state index contributed by atoms with van der Waals surface area (Å²) in [5.41, 5.74) is 7.03. The molecule has 0 saturated heterocycles. The third-order valence-corrected chi connectivity index (χ3v) is 2.62. The van der Waals surface area contributed by atoms with Gasteiger partial charge in [0.15, 0.2) is 0 Å². The number of nitriles is 1. The SMILES string of the molecule is Cc1ccc(Oc2ccc(C(N)=O)cc2)c(C#N)c1. The number of nitrogens with zero attached hydrogens (tertiary/aromatic N) is 1. The van der Waals surface area contributed by atoms with Crippen LogP contribution >= 0.6 is 0 Å². The van der Waals surface area contributed by atoms with E-state index < -0.39 is 5.91 Å². The normalized spacial score (nSPS) is 9.68. The van der Waals surface area contributed by atoms with Gasteiger partial charge in [-0.15, -0.1) is 0 Å². The largest absolute Gasteiger partial charge is 0.456 e. The van der Waals surface area contributed by atoms with Gasteiger partial charge in [0.2, 0.25) is 5.91 Å². The number of nitrogens with two attached hydrogens (primary N) is 1. The van der Waals surface area contributed by atoms with Crippen LogP contribution in [-0.2, 0) is 0 Å². The highest BCUT2D eigenvalue weighted by Gasteiger charge is 2.06. The maximum absolute atomic E-state index is 10.9. The second-order valence-corrected chi connectivity index (χ2v) is 4.10. The fraction of sp³-hybridized carbons (Fsp3) is 0.0667. The number of carbonyl (C=O) groups is 1. The Morgan fingerprint density at radius 2 is 1.89 bits per heavy atom. The molecule has 2 rings (SSSR count). The van der Waals surface area contributed by atoms with Gasteiger partial charge in [-0.2, -0.15) is 5.26 Å². The van der Waals surface area contributed by atoms with Crippen molar-refractivity contribution in [3.05, 3.63) is 59.2 Å². The predicted octanol–water partition coefficient (Wildman–Crippen LogP) is 2.76. The molecule has 0 bridgehead atoms. The summed E-state index contributed by atoms with van der Waals surface area (Å²) in [7, 11) is 0. The Kier molecular flexibility index (Phi) is 3.48. The summed E-state index contributed by atoms with van der Waals surface area (Å²) >= 11 is 0. The summed E-state index contributed by atoms with van der Waals surface area (Å²) in [5, 5.41) is 9.05. The average molecular weight is 252 g/mol. The number of hydrogen-bond donors (Lipinski definition) is 1. The van der Waals surface area contributed by atoms with Crippen molar-refractivity contribution in [2.75, 3.05) is 0 Å². The lowest BCUT2D eigenvalue weighted by Crippen LogP contribution is -2.10. The molecular weight excluding hydrogens is 240 g/mol. The van der Waals surface area contributed by atoms with Gasteiger partial charge >= 0.3 is 0 Å². The number of hydrogen-bond acceptors (Lipinski definition) is 3. The van der Waals surface area contributed by atoms with Crippen molar-refractivity contribution < 1.29 is 9.53 Å². The second-order valence-electron chi connectivity index (χ2n) is 4.10. The Labute approximate surface area is 111 Å². The molecule has 0 radical (unpaired) electrons. The number of benzene rings is 2. The van der Waals surface area contributed by atoms with Gasteiger partial charge in [0.05, 0.1) is 5.56 Å². The van der Waals surface area contributed by atoms with Crippen LogP contribution < -0.4 is 10.5 Å². The van der Waals surface area contributed by atoms with Gasteiger partial charge in [0.25, 0.3) is 0 Å². The summed E-state index contributed by atoms with van der Waals surface area (Å²) in [6.45, 7) is 1.91. The number of amides is 1. The molecule has 0 fully saturated rings. The molecule has 0 saturated carbocycles. The lowest BCUT2D eigenvalue weighted by atomic mass is 10.1. The van der Waals surface area contributed by atoms with Crippen LogP contribution in [0.3, 0.4) is 0 Å². The molecule has 4 nitrogen and oxygen atoms in total. The number of primary amides is 1. The lowest BCUT2D eigenvalue weighted by molar-refractivity contribution is 0.100. The Balaban J connectivity index is 2.26. The van der Waals surface area contributed by atoms with Crippen LogP contribution in [0.1, 0.15) is 21.5 Å². The molecule has 2 N–H and O–H groups in total. The van der Waals surface area contributed by atoms with Crippen molar-refractivity contribution in [1.82, 2.24) is 0 Å². The van der Waals surface area contributed by atoms with Gasteiger partial charge in [0, 0.05) is 5.56 Å². The van der Waals surface area contributed by atoms with Crippen LogP contribution in [0.15, 0.2) is 42.5 Å². The van der Waals surface area contributed by atoms with Gasteiger partial charge in [-0.05, 0) is 48.9 Å². The molecule has 0 heterocycles. The number of aryl methyl sites for hydroxylation is 1. The molecular formula is C15H12N2O2. The first-order valence-electron chi connectivity index (χ1n) is 5.68. The third kappa shape index (κ3) is 2.90. The number of carbonyl (C=O) groups excluding carboxylic acids is 1. The molecule has 1 amide bonds. The van der Waals surface area contributed by atoms with E-state index in [2.05, 4.69) is 6.07 Å². The first-order chi connectivity index (χ1) is 9.10. The fourth-order valence-electron chi connectivity index (χ4n) is 1.63. The second kappa shape index (κ2) is 5.23. The van der Waals surface area contributed by atoms with E-state index in [-0.39, 0.29) is 0 Å². The fourth-order valence-corrected chi connectivity index (χ4v) is 1.63. The molecule has 0 aliphatic rings. The average Bonchev–Trinajstić information content (AvgIpc) is 2.41. The van der Waals surface area contributed by atoms with E-state index in [0.29, 0.717) is 22.6 Å². The van der Waals surface area contributed by atoms with Crippen molar-refractivity contribution in [2.45, 2.75) is 6.92 Å². The van der Waals surface area contributed by atoms with Crippen molar-refractivity contribution >= 4 is 5.91 Å². The minimum absolute atomic E-state index is 0.414. The molecule has 0 atom stereocenters. The zero-order valence-electron chi connectivity index (χ0n) is 10.4. The molecule has 19 heavy (non-hydrogen) atoms. The topological polar surface area (TPSA) is 76.1 Å². The standard InChI is InChI=1S/C15H12N2O2/c1-10-2-7-14(12(8-10)9-16)19-13-5-3-11(4-6-13)15(17)18/h2-8H,1H3,(H2,17,18). The van der Waals surface area contributed by atoms with Crippen LogP contribution in [0.5, 0.6) is 11.5 Å². The van der Waals surface area contributed by atoms with E-state index in [0.717, 1.165) is 5.56 Å². The maximum atomic E-state index is 10.9. The van der Waals surface area contributed by atoms with Gasteiger partial charge in [-0.1, -0.05) is 6.07 Å². The van der Waals surface area contributed by atoms with Crippen molar-refractivity contribution in [2.24, 2.45) is 5.73 Å². The van der Waals surface area contributed by atoms with Crippen molar-refractivity contribution in [3.8, 4) is 17.6 Å². The predicted molar refractivity (Wildman–Crippen MR) is 70.9 cm³/mol. The smallest absolute Gasteiger partial charge is 0.248 e. The summed E-state index contributed by atoms with van der Waals surface area (Å²) < 4.78 is 5.62. The van der Waals surface area contributed by atoms with Gasteiger partial charge < -0.3 is 10.5 Å². The Hall–Kier alpha value is -2.80. The van der Waals surface area contributed by atoms with Gasteiger partial charge in [-0.25, -0.2) is 0 Å². The van der Waals surface area contributed by atoms with E-state index in [1.165, 1.54) is 0 Å². The molecule has 0 unspecified atom stereocenters. The molecule has 0 aliphatic carbocycles. The highest BCUT2D eigenvalue weighted by molar-refractivity contribution is 5.92. The molecule has 0 spiro atoms. The van der Waals surface area contributed by atoms with Crippen molar-refractivity contribution in [3.63, 3.8) is 0 Å². The Morgan fingerprint density at radius 1 is 1.21 bits per heavy atom. The van der Waals surface area contributed by atoms with Crippen LogP contribution in [-0.4, -0.2) is 5.91 Å². The van der Waals surface area contributed by atoms with Gasteiger partial charge in [-0.3, -0.25) is 4.79 Å². The van der Waals surface area contributed by atoms with E-state index >= 15 is 0 Å². The summed E-state index contributed by atoms with van der Waals surface area (Å²) in [6, 6.07) is 13.9. The summed E-state index contributed by atoms with van der Waals surface area (Å²) in [5.74, 6) is 0.546. The van der Waals surface area contributed by atoms with Crippen molar-refractivity contribution in [1.29, 1.82) is 5.26 Å². The summed E-state index contributed by atoms with van der Waals surface area (Å²) in [4.78, 5) is 10.9. The Bertz CT molecular complexity index is 655. The zero-order valence-corrected chi connectivity index (χ0v) is 10.4. The monoisotopic (exact) mass is 252 g/mol. The molecule has 0 aromatic heterocycles. The van der Waals surface area contributed by atoms with Crippen LogP contribution in [0, 0.1) is 18.3 Å². The minimum Gasteiger partial charge on any atom is -0.456 e. The summed E-state index contributed by atoms with van der Waals surface area (Å²) in [6.07, 6.45) is 0. The van der Waals surface area contributed by atoms with Crippen LogP contribution in [0.2, 0.25) is 0 Å². The molecule has 0 aliphatic heterocycles. The molecule has 4 heteroatoms. The first-order valence-corrected chi connectivity index (χ1v) is 5.68. The molecule has 94 valence electrons. The molecule has 2 aromatic rings. The molecule has 2 aromatic carbocycles. The number of ether oxygens (including phenoxy) is 1. The quantitative estimate of drug-likeness (QED) is 0.912. The minimum atomic E-state index is -0.486. The highest BCUT2D eigenvalue weighted by atomic mass is 16.5. The maximum Gasteiger partial charge on any atom is 0.248 e. The van der Waals surface area contributed by atoms with E-state index in [4.69, 9.17) is 15.7 Å². The van der Waals surface area contributed by atoms with E-state index in [1.807, 2.05) is 13.0 Å².